The number of benzene rings is 1. The summed E-state index contributed by atoms with van der Waals surface area (Å²) in [6.07, 6.45) is 0. The second kappa shape index (κ2) is 6.05. The summed E-state index contributed by atoms with van der Waals surface area (Å²) in [6, 6.07) is 2.78. The first-order valence-electron chi connectivity index (χ1n) is 3.77. The molecule has 0 aliphatic carbocycles. The van der Waals surface area contributed by atoms with Crippen molar-refractivity contribution in [3.63, 3.8) is 0 Å². The van der Waals surface area contributed by atoms with Crippen LogP contribution in [0.15, 0.2) is 12.1 Å². The molecular formula is C9H2ClI3O3. The van der Waals surface area contributed by atoms with Crippen LogP contribution < -0.4 is 0 Å². The molecule has 3 nitrogen and oxygen atoms in total. The van der Waals surface area contributed by atoms with E-state index in [9.17, 15) is 14.4 Å². The summed E-state index contributed by atoms with van der Waals surface area (Å²) in [7, 11) is 0. The van der Waals surface area contributed by atoms with Gasteiger partial charge in [-0.2, -0.15) is 0 Å². The predicted molar refractivity (Wildman–Crippen MR) is 86.5 cm³/mol. The van der Waals surface area contributed by atoms with E-state index < -0.39 is 0 Å². The highest BCUT2D eigenvalue weighted by atomic mass is 127. The number of hydrogen-bond donors (Lipinski definition) is 0. The standard InChI is InChI=1S/C9H2ClI3O3/c10-5-2-3(7(11)14)1-4(8(12)15)6(5)9(13)16/h1-2H. The van der Waals surface area contributed by atoms with Gasteiger partial charge in [0.15, 0.2) is 0 Å². The number of carbonyl (C=O) groups is 3. The second-order valence-electron chi connectivity index (χ2n) is 2.70. The fourth-order valence-corrected chi connectivity index (χ4v) is 2.86. The summed E-state index contributed by atoms with van der Waals surface area (Å²) >= 11 is 10.6. The van der Waals surface area contributed by atoms with Crippen molar-refractivity contribution in [3.8, 4) is 0 Å². The lowest BCUT2D eigenvalue weighted by Gasteiger charge is -2.06. The lowest BCUT2D eigenvalue weighted by molar-refractivity contribution is 0.107. The molecule has 16 heavy (non-hydrogen) atoms. The molecule has 1 rings (SSSR count). The molecule has 7 heteroatoms. The SMILES string of the molecule is O=C(I)c1cc(Cl)c(C(=O)I)c(C(=O)I)c1. The van der Waals surface area contributed by atoms with Crippen molar-refractivity contribution in [2.24, 2.45) is 0 Å². The molecule has 1 aromatic rings. The van der Waals surface area contributed by atoms with Crippen molar-refractivity contribution in [3.05, 3.63) is 33.8 Å². The Kier molecular flexibility index (Phi) is 5.58. The van der Waals surface area contributed by atoms with Crippen LogP contribution in [0.1, 0.15) is 31.1 Å². The van der Waals surface area contributed by atoms with Crippen LogP contribution >= 0.6 is 79.4 Å². The number of hydrogen-bond acceptors (Lipinski definition) is 3. The molecule has 84 valence electrons. The van der Waals surface area contributed by atoms with E-state index >= 15 is 0 Å². The van der Waals surface area contributed by atoms with Gasteiger partial charge in [-0.25, -0.2) is 0 Å². The topological polar surface area (TPSA) is 51.2 Å². The van der Waals surface area contributed by atoms with Crippen LogP contribution in [-0.2, 0) is 0 Å². The first kappa shape index (κ1) is 14.8. The van der Waals surface area contributed by atoms with Crippen LogP contribution in [0.3, 0.4) is 0 Å². The molecule has 0 heterocycles. The molecule has 0 unspecified atom stereocenters. The van der Waals surface area contributed by atoms with Gasteiger partial charge in [0.25, 0.3) is 0 Å². The summed E-state index contributed by atoms with van der Waals surface area (Å²) in [5.74, 6) is 0. The highest BCUT2D eigenvalue weighted by Crippen LogP contribution is 2.27. The summed E-state index contributed by atoms with van der Waals surface area (Å²) in [6.45, 7) is 0. The van der Waals surface area contributed by atoms with Gasteiger partial charge in [0.2, 0.25) is 11.4 Å². The highest BCUT2D eigenvalue weighted by molar-refractivity contribution is 14.1. The third-order valence-electron chi connectivity index (χ3n) is 1.73. The average Bonchev–Trinajstić information content (AvgIpc) is 2.15. The number of rotatable bonds is 3. The van der Waals surface area contributed by atoms with E-state index in [0.717, 1.165) is 0 Å². The van der Waals surface area contributed by atoms with Crippen LogP contribution in [0, 0.1) is 0 Å². The molecule has 0 bridgehead atoms. The van der Waals surface area contributed by atoms with Crippen molar-refractivity contribution < 1.29 is 14.4 Å². The van der Waals surface area contributed by atoms with Crippen molar-refractivity contribution >= 4 is 90.7 Å². The molecule has 0 aliphatic heterocycles. The highest BCUT2D eigenvalue weighted by Gasteiger charge is 2.19. The molecule has 0 spiro atoms. The molecule has 0 atom stereocenters. The van der Waals surface area contributed by atoms with Crippen LogP contribution in [0.4, 0.5) is 0 Å². The molecule has 0 radical (unpaired) electrons. The Morgan fingerprint density at radius 2 is 1.50 bits per heavy atom. The molecule has 0 fully saturated rings. The Balaban J connectivity index is 3.58. The number of halogens is 4. The minimum absolute atomic E-state index is 0.127. The van der Waals surface area contributed by atoms with E-state index in [1.807, 2.05) is 0 Å². The molecule has 0 aliphatic rings. The van der Waals surface area contributed by atoms with Gasteiger partial charge >= 0.3 is 0 Å². The fourth-order valence-electron chi connectivity index (χ4n) is 1.07. The van der Waals surface area contributed by atoms with E-state index in [1.165, 1.54) is 12.1 Å². The van der Waals surface area contributed by atoms with Gasteiger partial charge in [0, 0.05) is 78.9 Å². The van der Waals surface area contributed by atoms with Crippen molar-refractivity contribution in [2.75, 3.05) is 0 Å². The maximum Gasteiger partial charge on any atom is 0.224 e. The summed E-state index contributed by atoms with van der Waals surface area (Å²) in [5, 5.41) is 0.127. The molecule has 0 aromatic heterocycles. The Bertz CT molecular complexity index is 499. The largest absolute Gasteiger partial charge is 0.282 e. The van der Waals surface area contributed by atoms with Gasteiger partial charge in [-0.3, -0.25) is 14.4 Å². The zero-order chi connectivity index (χ0) is 12.5. The quantitative estimate of drug-likeness (QED) is 0.405. The van der Waals surface area contributed by atoms with Gasteiger partial charge in [0.1, 0.15) is 0 Å². The molecule has 0 amide bonds. The third kappa shape index (κ3) is 3.35. The van der Waals surface area contributed by atoms with Crippen LogP contribution in [0.2, 0.25) is 5.02 Å². The van der Waals surface area contributed by atoms with E-state index in [1.54, 1.807) is 67.8 Å². The van der Waals surface area contributed by atoms with E-state index in [-0.39, 0.29) is 27.5 Å². The van der Waals surface area contributed by atoms with Crippen LogP contribution in [-0.4, -0.2) is 11.4 Å². The molecule has 1 aromatic carbocycles. The Morgan fingerprint density at radius 3 is 1.88 bits per heavy atom. The molecular weight excluding hydrogens is 572 g/mol. The lowest BCUT2D eigenvalue weighted by atomic mass is 10.1. The van der Waals surface area contributed by atoms with Crippen LogP contribution in [0.25, 0.3) is 0 Å². The summed E-state index contributed by atoms with van der Waals surface area (Å²) in [4.78, 5) is 33.9. The normalized spacial score (nSPS) is 10.0. The van der Waals surface area contributed by atoms with Gasteiger partial charge in [-0.15, -0.1) is 0 Å². The minimum Gasteiger partial charge on any atom is -0.282 e. The van der Waals surface area contributed by atoms with E-state index in [0.29, 0.717) is 5.56 Å². The Labute approximate surface area is 137 Å². The minimum atomic E-state index is -0.324. The maximum atomic E-state index is 11.4. The Hall–Kier alpha value is 0.710. The van der Waals surface area contributed by atoms with Crippen LogP contribution in [0.5, 0.6) is 0 Å². The fraction of sp³-hybridized carbons (Fsp3) is 0. The Morgan fingerprint density at radius 1 is 0.938 bits per heavy atom. The smallest absolute Gasteiger partial charge is 0.224 e. The van der Waals surface area contributed by atoms with E-state index in [4.69, 9.17) is 11.6 Å². The molecule has 0 N–H and O–H groups in total. The maximum absolute atomic E-state index is 11.4. The number of carbonyl (C=O) groups excluding carboxylic acids is 3. The zero-order valence-corrected chi connectivity index (χ0v) is 14.6. The van der Waals surface area contributed by atoms with Gasteiger partial charge in [-0.05, 0) is 12.1 Å². The lowest BCUT2D eigenvalue weighted by Crippen LogP contribution is -2.04. The van der Waals surface area contributed by atoms with Crippen molar-refractivity contribution in [1.29, 1.82) is 0 Å². The first-order chi connectivity index (χ1) is 7.34. The van der Waals surface area contributed by atoms with Gasteiger partial charge in [-0.1, -0.05) is 11.6 Å². The second-order valence-corrected chi connectivity index (χ2v) is 6.05. The predicted octanol–water partition coefficient (Wildman–Crippen LogP) is 4.07. The summed E-state index contributed by atoms with van der Waals surface area (Å²) < 4.78 is -0.875. The average molecular weight is 574 g/mol. The summed E-state index contributed by atoms with van der Waals surface area (Å²) in [5.41, 5.74) is 0.641. The van der Waals surface area contributed by atoms with Gasteiger partial charge in [0.05, 0.1) is 10.6 Å². The van der Waals surface area contributed by atoms with Gasteiger partial charge < -0.3 is 0 Å². The van der Waals surface area contributed by atoms with Crippen molar-refractivity contribution in [2.45, 2.75) is 0 Å². The third-order valence-corrected chi connectivity index (χ3v) is 3.77. The van der Waals surface area contributed by atoms with E-state index in [2.05, 4.69) is 0 Å². The molecule has 0 saturated carbocycles. The zero-order valence-electron chi connectivity index (χ0n) is 7.39. The first-order valence-corrected chi connectivity index (χ1v) is 7.39. The monoisotopic (exact) mass is 574 g/mol. The molecule has 0 saturated heterocycles. The van der Waals surface area contributed by atoms with Crippen molar-refractivity contribution in [1.82, 2.24) is 0 Å².